The molecule has 0 bridgehead atoms. The molecule has 0 aliphatic heterocycles. The van der Waals surface area contributed by atoms with E-state index in [0.717, 1.165) is 17.2 Å². The van der Waals surface area contributed by atoms with Crippen LogP contribution in [0.4, 0.5) is 10.1 Å². The number of carbonyl (C=O) groups is 1. The quantitative estimate of drug-likeness (QED) is 0.655. The molecular weight excluding hydrogens is 359 g/mol. The van der Waals surface area contributed by atoms with E-state index >= 15 is 0 Å². The third kappa shape index (κ3) is 4.08. The van der Waals surface area contributed by atoms with Crippen LogP contribution in [0.2, 0.25) is 0 Å². The smallest absolute Gasteiger partial charge is 0.234 e. The number of aromatic nitrogens is 3. The van der Waals surface area contributed by atoms with E-state index in [9.17, 15) is 9.18 Å². The molecule has 1 N–H and O–H groups in total. The summed E-state index contributed by atoms with van der Waals surface area (Å²) >= 11 is 2.94. The minimum atomic E-state index is -0.318. The zero-order valence-electron chi connectivity index (χ0n) is 13.8. The molecule has 1 aromatic carbocycles. The monoisotopic (exact) mass is 376 g/mol. The molecule has 8 heteroatoms. The highest BCUT2D eigenvalue weighted by atomic mass is 32.2. The highest BCUT2D eigenvalue weighted by Crippen LogP contribution is 2.27. The van der Waals surface area contributed by atoms with Gasteiger partial charge >= 0.3 is 0 Å². The number of hydrogen-bond donors (Lipinski definition) is 1. The molecule has 0 saturated heterocycles. The predicted octanol–water partition coefficient (Wildman–Crippen LogP) is 4.20. The highest BCUT2D eigenvalue weighted by Gasteiger charge is 2.15. The molecule has 0 fully saturated rings. The lowest BCUT2D eigenvalue weighted by atomic mass is 10.2. The molecule has 2 heterocycles. The van der Waals surface area contributed by atoms with Gasteiger partial charge in [-0.25, -0.2) is 4.39 Å². The standard InChI is InChI=1S/C17H17FN4OS2/c1-3-22-16(14-5-4-8-24-14)20-21-17(22)25-10-15(23)19-13-7-6-12(18)9-11(13)2/h4-9H,3,10H2,1-2H3,(H,19,23). The summed E-state index contributed by atoms with van der Waals surface area (Å²) in [5, 5.41) is 13.9. The minimum Gasteiger partial charge on any atom is -0.325 e. The van der Waals surface area contributed by atoms with Crippen molar-refractivity contribution in [3.8, 4) is 10.7 Å². The van der Waals surface area contributed by atoms with E-state index in [1.165, 1.54) is 23.9 Å². The fourth-order valence-electron chi connectivity index (χ4n) is 2.35. The van der Waals surface area contributed by atoms with E-state index in [-0.39, 0.29) is 17.5 Å². The van der Waals surface area contributed by atoms with Gasteiger partial charge < -0.3 is 9.88 Å². The van der Waals surface area contributed by atoms with E-state index < -0.39 is 0 Å². The zero-order valence-corrected chi connectivity index (χ0v) is 15.5. The normalized spacial score (nSPS) is 10.8. The van der Waals surface area contributed by atoms with E-state index in [1.807, 2.05) is 29.0 Å². The zero-order chi connectivity index (χ0) is 17.8. The van der Waals surface area contributed by atoms with Gasteiger partial charge in [0.1, 0.15) is 5.82 Å². The first-order valence-corrected chi connectivity index (χ1v) is 9.61. The van der Waals surface area contributed by atoms with Gasteiger partial charge in [-0.1, -0.05) is 17.8 Å². The van der Waals surface area contributed by atoms with Gasteiger partial charge in [0.25, 0.3) is 0 Å². The molecule has 3 aromatic rings. The number of nitrogens with zero attached hydrogens (tertiary/aromatic N) is 3. The number of hydrogen-bond acceptors (Lipinski definition) is 5. The van der Waals surface area contributed by atoms with Crippen LogP contribution in [0.1, 0.15) is 12.5 Å². The Morgan fingerprint density at radius 1 is 1.36 bits per heavy atom. The van der Waals surface area contributed by atoms with Crippen LogP contribution in [0.3, 0.4) is 0 Å². The summed E-state index contributed by atoms with van der Waals surface area (Å²) in [7, 11) is 0. The topological polar surface area (TPSA) is 59.8 Å². The first kappa shape index (κ1) is 17.6. The Balaban J connectivity index is 1.66. The van der Waals surface area contributed by atoms with Crippen LogP contribution in [-0.4, -0.2) is 26.4 Å². The summed E-state index contributed by atoms with van der Waals surface area (Å²) in [5.74, 6) is 0.541. The fraction of sp³-hybridized carbons (Fsp3) is 0.235. The van der Waals surface area contributed by atoms with Crippen molar-refractivity contribution in [1.29, 1.82) is 0 Å². The van der Waals surface area contributed by atoms with E-state index in [0.29, 0.717) is 16.4 Å². The SMILES string of the molecule is CCn1c(SCC(=O)Nc2ccc(F)cc2C)nnc1-c1cccs1. The summed E-state index contributed by atoms with van der Waals surface area (Å²) in [4.78, 5) is 13.2. The van der Waals surface area contributed by atoms with Crippen molar-refractivity contribution in [2.75, 3.05) is 11.1 Å². The Morgan fingerprint density at radius 2 is 2.20 bits per heavy atom. The first-order chi connectivity index (χ1) is 12.1. The van der Waals surface area contributed by atoms with Crippen molar-refractivity contribution in [1.82, 2.24) is 14.8 Å². The largest absolute Gasteiger partial charge is 0.325 e. The Bertz CT molecular complexity index is 877. The maximum absolute atomic E-state index is 13.1. The van der Waals surface area contributed by atoms with Gasteiger partial charge in [0.05, 0.1) is 10.6 Å². The fourth-order valence-corrected chi connectivity index (χ4v) is 3.87. The van der Waals surface area contributed by atoms with Gasteiger partial charge in [0, 0.05) is 12.2 Å². The van der Waals surface area contributed by atoms with Crippen molar-refractivity contribution in [2.45, 2.75) is 25.5 Å². The molecule has 0 atom stereocenters. The third-order valence-electron chi connectivity index (χ3n) is 3.57. The number of amides is 1. The summed E-state index contributed by atoms with van der Waals surface area (Å²) in [6, 6.07) is 8.26. The van der Waals surface area contributed by atoms with Crippen LogP contribution in [-0.2, 0) is 11.3 Å². The second-order valence-corrected chi connectivity index (χ2v) is 7.21. The van der Waals surface area contributed by atoms with Crippen LogP contribution >= 0.6 is 23.1 Å². The third-order valence-corrected chi connectivity index (χ3v) is 5.40. The van der Waals surface area contributed by atoms with Gasteiger partial charge in [-0.05, 0) is 49.1 Å². The molecule has 2 aromatic heterocycles. The van der Waals surface area contributed by atoms with Crippen LogP contribution in [0, 0.1) is 12.7 Å². The van der Waals surface area contributed by atoms with Crippen molar-refractivity contribution < 1.29 is 9.18 Å². The molecule has 130 valence electrons. The van der Waals surface area contributed by atoms with E-state index in [4.69, 9.17) is 0 Å². The molecular formula is C17H17FN4OS2. The number of thioether (sulfide) groups is 1. The number of nitrogens with one attached hydrogen (secondary N) is 1. The number of anilines is 1. The lowest BCUT2D eigenvalue weighted by Crippen LogP contribution is -2.15. The number of halogens is 1. The molecule has 0 aliphatic rings. The molecule has 0 unspecified atom stereocenters. The predicted molar refractivity (Wildman–Crippen MR) is 99.5 cm³/mol. The number of thiophene rings is 1. The van der Waals surface area contributed by atoms with E-state index in [1.54, 1.807) is 24.3 Å². The Hall–Kier alpha value is -2.19. The maximum Gasteiger partial charge on any atom is 0.234 e. The van der Waals surface area contributed by atoms with Crippen molar-refractivity contribution in [3.63, 3.8) is 0 Å². The van der Waals surface area contributed by atoms with Crippen LogP contribution in [0.25, 0.3) is 10.7 Å². The van der Waals surface area contributed by atoms with Crippen LogP contribution < -0.4 is 5.32 Å². The molecule has 25 heavy (non-hydrogen) atoms. The first-order valence-electron chi connectivity index (χ1n) is 7.74. The lowest BCUT2D eigenvalue weighted by molar-refractivity contribution is -0.113. The Kier molecular flexibility index (Phi) is 5.50. The average molecular weight is 376 g/mol. The van der Waals surface area contributed by atoms with Gasteiger partial charge in [0.2, 0.25) is 5.91 Å². The molecule has 1 amide bonds. The lowest BCUT2D eigenvalue weighted by Gasteiger charge is -2.09. The second kappa shape index (κ2) is 7.79. The van der Waals surface area contributed by atoms with Crippen molar-refractivity contribution in [2.24, 2.45) is 0 Å². The van der Waals surface area contributed by atoms with Crippen molar-refractivity contribution in [3.05, 3.63) is 47.1 Å². The van der Waals surface area contributed by atoms with Crippen LogP contribution in [0.15, 0.2) is 40.9 Å². The molecule has 3 rings (SSSR count). The number of rotatable bonds is 6. The van der Waals surface area contributed by atoms with Gasteiger partial charge in [0.15, 0.2) is 11.0 Å². The summed E-state index contributed by atoms with van der Waals surface area (Å²) < 4.78 is 15.1. The van der Waals surface area contributed by atoms with Gasteiger partial charge in [-0.15, -0.1) is 21.5 Å². The van der Waals surface area contributed by atoms with Crippen LogP contribution in [0.5, 0.6) is 0 Å². The van der Waals surface area contributed by atoms with Gasteiger partial charge in [-0.3, -0.25) is 4.79 Å². The summed E-state index contributed by atoms with van der Waals surface area (Å²) in [5.41, 5.74) is 1.30. The van der Waals surface area contributed by atoms with Crippen molar-refractivity contribution >= 4 is 34.7 Å². The molecule has 5 nitrogen and oxygen atoms in total. The number of carbonyl (C=O) groups excluding carboxylic acids is 1. The maximum atomic E-state index is 13.1. The molecule has 0 aliphatic carbocycles. The van der Waals surface area contributed by atoms with E-state index in [2.05, 4.69) is 15.5 Å². The average Bonchev–Trinajstić information content (AvgIpc) is 3.24. The minimum absolute atomic E-state index is 0.164. The molecule has 0 saturated carbocycles. The summed E-state index contributed by atoms with van der Waals surface area (Å²) in [6.45, 7) is 4.50. The highest BCUT2D eigenvalue weighted by molar-refractivity contribution is 7.99. The molecule has 0 spiro atoms. The summed E-state index contributed by atoms with van der Waals surface area (Å²) in [6.07, 6.45) is 0. The number of benzene rings is 1. The second-order valence-electron chi connectivity index (χ2n) is 5.32. The molecule has 0 radical (unpaired) electrons. The Morgan fingerprint density at radius 3 is 2.88 bits per heavy atom. The number of aryl methyl sites for hydroxylation is 1. The Labute approximate surface area is 153 Å². The van der Waals surface area contributed by atoms with Gasteiger partial charge in [-0.2, -0.15) is 0 Å².